The lowest BCUT2D eigenvalue weighted by Gasteiger charge is -2.14. The fraction of sp³-hybridized carbons (Fsp3) is 0.222. The molecule has 0 radical (unpaired) electrons. The number of nitrogens with two attached hydrogens (primary N) is 1. The third-order valence-electron chi connectivity index (χ3n) is 3.92. The number of nitrogens with one attached hydrogen (secondary N) is 1. The van der Waals surface area contributed by atoms with E-state index in [4.69, 9.17) is 10.3 Å². The van der Waals surface area contributed by atoms with Crippen LogP contribution >= 0.6 is 0 Å². The largest absolute Gasteiger partial charge is 0.459 e. The van der Waals surface area contributed by atoms with Crippen LogP contribution in [0.1, 0.15) is 28.5 Å². The van der Waals surface area contributed by atoms with Gasteiger partial charge in [0.15, 0.2) is 0 Å². The quantitative estimate of drug-likeness (QED) is 0.564. The van der Waals surface area contributed by atoms with E-state index in [2.05, 4.69) is 55.7 Å². The summed E-state index contributed by atoms with van der Waals surface area (Å²) in [5, 5.41) is 1.12. The molecule has 3 rings (SSSR count). The van der Waals surface area contributed by atoms with Gasteiger partial charge in [-0.05, 0) is 49.6 Å². The standard InChI is InChI=1S/C18H20N2O/c1-12-7-8-17-15(9-12)11-18(21-17)16(20-19)10-14-6-4-3-5-13(14)2/h3-9,11,16,20H,10,19H2,1-2H3. The van der Waals surface area contributed by atoms with Gasteiger partial charge in [0.2, 0.25) is 0 Å². The lowest BCUT2D eigenvalue weighted by molar-refractivity contribution is 0.434. The molecule has 3 aromatic rings. The molecule has 1 aromatic heterocycles. The summed E-state index contributed by atoms with van der Waals surface area (Å²) in [6, 6.07) is 16.6. The van der Waals surface area contributed by atoms with Gasteiger partial charge in [-0.3, -0.25) is 5.84 Å². The van der Waals surface area contributed by atoms with Crippen LogP contribution in [0.2, 0.25) is 0 Å². The highest BCUT2D eigenvalue weighted by Gasteiger charge is 2.16. The Kier molecular flexibility index (Phi) is 3.78. The van der Waals surface area contributed by atoms with Crippen molar-refractivity contribution in [1.29, 1.82) is 0 Å². The van der Waals surface area contributed by atoms with E-state index in [-0.39, 0.29) is 6.04 Å². The molecule has 1 heterocycles. The van der Waals surface area contributed by atoms with Gasteiger partial charge in [-0.2, -0.15) is 0 Å². The molecular formula is C18H20N2O. The Morgan fingerprint density at radius 2 is 1.90 bits per heavy atom. The Morgan fingerprint density at radius 1 is 1.10 bits per heavy atom. The Hall–Kier alpha value is -2.10. The van der Waals surface area contributed by atoms with Crippen molar-refractivity contribution in [2.24, 2.45) is 5.84 Å². The third kappa shape index (κ3) is 2.84. The molecule has 21 heavy (non-hydrogen) atoms. The van der Waals surface area contributed by atoms with Gasteiger partial charge < -0.3 is 4.42 Å². The molecule has 1 unspecified atom stereocenters. The van der Waals surface area contributed by atoms with Crippen molar-refractivity contribution >= 4 is 11.0 Å². The monoisotopic (exact) mass is 280 g/mol. The minimum atomic E-state index is -0.0289. The Bertz CT molecular complexity index is 761. The van der Waals surface area contributed by atoms with Crippen LogP contribution < -0.4 is 11.3 Å². The van der Waals surface area contributed by atoms with Gasteiger partial charge in [0.1, 0.15) is 11.3 Å². The first-order chi connectivity index (χ1) is 10.2. The van der Waals surface area contributed by atoms with Gasteiger partial charge in [0.25, 0.3) is 0 Å². The second-order valence-electron chi connectivity index (χ2n) is 5.54. The molecule has 2 aromatic carbocycles. The molecule has 0 aliphatic heterocycles. The van der Waals surface area contributed by atoms with E-state index in [9.17, 15) is 0 Å². The van der Waals surface area contributed by atoms with Crippen LogP contribution in [0.4, 0.5) is 0 Å². The highest BCUT2D eigenvalue weighted by Crippen LogP contribution is 2.27. The van der Waals surface area contributed by atoms with Crippen molar-refractivity contribution < 1.29 is 4.42 Å². The summed E-state index contributed by atoms with van der Waals surface area (Å²) in [4.78, 5) is 0. The number of hydrogen-bond acceptors (Lipinski definition) is 3. The lowest BCUT2D eigenvalue weighted by atomic mass is 10.00. The first kappa shape index (κ1) is 13.9. The maximum absolute atomic E-state index is 5.95. The van der Waals surface area contributed by atoms with Crippen molar-refractivity contribution in [2.45, 2.75) is 26.3 Å². The molecule has 0 saturated heterocycles. The van der Waals surface area contributed by atoms with Crippen molar-refractivity contribution in [3.8, 4) is 0 Å². The molecule has 1 atom stereocenters. The van der Waals surface area contributed by atoms with E-state index in [1.165, 1.54) is 16.7 Å². The third-order valence-corrected chi connectivity index (χ3v) is 3.92. The summed E-state index contributed by atoms with van der Waals surface area (Å²) >= 11 is 0. The number of benzene rings is 2. The van der Waals surface area contributed by atoms with Crippen LogP contribution in [0, 0.1) is 13.8 Å². The van der Waals surface area contributed by atoms with E-state index >= 15 is 0 Å². The van der Waals surface area contributed by atoms with Crippen LogP contribution in [0.3, 0.4) is 0 Å². The van der Waals surface area contributed by atoms with Crippen molar-refractivity contribution in [3.63, 3.8) is 0 Å². The molecule has 0 amide bonds. The van der Waals surface area contributed by atoms with E-state index in [0.717, 1.165) is 23.2 Å². The summed E-state index contributed by atoms with van der Waals surface area (Å²) in [5.74, 6) is 6.62. The first-order valence-electron chi connectivity index (χ1n) is 7.18. The minimum absolute atomic E-state index is 0.0289. The van der Waals surface area contributed by atoms with Crippen LogP contribution in [-0.4, -0.2) is 0 Å². The summed E-state index contributed by atoms with van der Waals surface area (Å²) in [6.45, 7) is 4.20. The summed E-state index contributed by atoms with van der Waals surface area (Å²) < 4.78 is 5.95. The maximum Gasteiger partial charge on any atom is 0.134 e. The second-order valence-corrected chi connectivity index (χ2v) is 5.54. The topological polar surface area (TPSA) is 51.2 Å². The zero-order valence-corrected chi connectivity index (χ0v) is 12.4. The smallest absolute Gasteiger partial charge is 0.134 e. The number of hydrazine groups is 1. The molecule has 3 nitrogen and oxygen atoms in total. The fourth-order valence-electron chi connectivity index (χ4n) is 2.66. The van der Waals surface area contributed by atoms with Gasteiger partial charge in [-0.15, -0.1) is 0 Å². The molecular weight excluding hydrogens is 260 g/mol. The van der Waals surface area contributed by atoms with Crippen LogP contribution in [0.25, 0.3) is 11.0 Å². The highest BCUT2D eigenvalue weighted by atomic mass is 16.3. The maximum atomic E-state index is 5.95. The summed E-state index contributed by atoms with van der Waals surface area (Å²) in [7, 11) is 0. The molecule has 108 valence electrons. The minimum Gasteiger partial charge on any atom is -0.459 e. The van der Waals surface area contributed by atoms with Gasteiger partial charge >= 0.3 is 0 Å². The van der Waals surface area contributed by atoms with Crippen molar-refractivity contribution in [2.75, 3.05) is 0 Å². The SMILES string of the molecule is Cc1ccc2oc(C(Cc3ccccc3C)NN)cc2c1. The first-order valence-corrected chi connectivity index (χ1v) is 7.18. The van der Waals surface area contributed by atoms with E-state index in [1.807, 2.05) is 12.1 Å². The lowest BCUT2D eigenvalue weighted by Crippen LogP contribution is -2.29. The summed E-state index contributed by atoms with van der Waals surface area (Å²) in [6.07, 6.45) is 0.808. The molecule has 0 aliphatic rings. The number of rotatable bonds is 4. The van der Waals surface area contributed by atoms with E-state index in [1.54, 1.807) is 0 Å². The van der Waals surface area contributed by atoms with Crippen LogP contribution in [0.15, 0.2) is 52.9 Å². The van der Waals surface area contributed by atoms with Crippen molar-refractivity contribution in [3.05, 3.63) is 71.0 Å². The van der Waals surface area contributed by atoms with Crippen LogP contribution in [0.5, 0.6) is 0 Å². The number of aryl methyl sites for hydroxylation is 2. The van der Waals surface area contributed by atoms with Gasteiger partial charge in [0.05, 0.1) is 6.04 Å². The molecule has 0 spiro atoms. The normalized spacial score (nSPS) is 12.7. The van der Waals surface area contributed by atoms with Gasteiger partial charge in [-0.25, -0.2) is 5.43 Å². The second kappa shape index (κ2) is 5.72. The van der Waals surface area contributed by atoms with E-state index in [0.29, 0.717) is 0 Å². The molecule has 0 fully saturated rings. The Balaban J connectivity index is 1.93. The molecule has 3 heteroatoms. The predicted octanol–water partition coefficient (Wildman–Crippen LogP) is 3.80. The Labute approximate surface area is 124 Å². The average Bonchev–Trinajstić information content (AvgIpc) is 2.89. The van der Waals surface area contributed by atoms with Gasteiger partial charge in [0, 0.05) is 5.39 Å². The van der Waals surface area contributed by atoms with Crippen LogP contribution in [-0.2, 0) is 6.42 Å². The summed E-state index contributed by atoms with van der Waals surface area (Å²) in [5.41, 5.74) is 7.55. The highest BCUT2D eigenvalue weighted by molar-refractivity contribution is 5.78. The molecule has 0 aliphatic carbocycles. The zero-order valence-electron chi connectivity index (χ0n) is 12.4. The van der Waals surface area contributed by atoms with Crippen molar-refractivity contribution in [1.82, 2.24) is 5.43 Å². The molecule has 0 saturated carbocycles. The van der Waals surface area contributed by atoms with Gasteiger partial charge in [-0.1, -0.05) is 35.9 Å². The predicted molar refractivity (Wildman–Crippen MR) is 85.9 cm³/mol. The fourth-order valence-corrected chi connectivity index (χ4v) is 2.66. The number of fused-ring (bicyclic) bond motifs is 1. The van der Waals surface area contributed by atoms with E-state index < -0.39 is 0 Å². The number of hydrogen-bond donors (Lipinski definition) is 2. The molecule has 3 N–H and O–H groups in total. The number of furan rings is 1. The zero-order chi connectivity index (χ0) is 14.8. The molecule has 0 bridgehead atoms. The average molecular weight is 280 g/mol. The Morgan fingerprint density at radius 3 is 2.67 bits per heavy atom.